The number of nitrogens with one attached hydrogen (secondary N) is 2. The van der Waals surface area contributed by atoms with Gasteiger partial charge in [0.25, 0.3) is 0 Å². The minimum absolute atomic E-state index is 0.335. The van der Waals surface area contributed by atoms with Crippen molar-refractivity contribution in [3.63, 3.8) is 0 Å². The van der Waals surface area contributed by atoms with Crippen molar-refractivity contribution in [1.29, 1.82) is 0 Å². The van der Waals surface area contributed by atoms with E-state index in [0.717, 1.165) is 51.5 Å². The number of unbranched alkanes of at least 4 members (excludes halogenated alkanes) is 1. The molecule has 1 aliphatic heterocycles. The van der Waals surface area contributed by atoms with Crippen molar-refractivity contribution in [2.75, 3.05) is 26.7 Å². The van der Waals surface area contributed by atoms with E-state index in [0.29, 0.717) is 6.10 Å². The summed E-state index contributed by atoms with van der Waals surface area (Å²) < 4.78 is 7.56. The zero-order chi connectivity index (χ0) is 14.0. The van der Waals surface area contributed by atoms with Crippen LogP contribution in [0.3, 0.4) is 0 Å². The second-order valence-electron chi connectivity index (χ2n) is 4.92. The van der Waals surface area contributed by atoms with E-state index in [1.807, 2.05) is 4.57 Å². The molecule has 2 heterocycles. The normalized spacial score (nSPS) is 19.2. The van der Waals surface area contributed by atoms with Crippen LogP contribution < -0.4 is 10.6 Å². The minimum atomic E-state index is 0.335. The molecule has 2 N–H and O–H groups in total. The van der Waals surface area contributed by atoms with Gasteiger partial charge in [0.1, 0.15) is 12.7 Å². The van der Waals surface area contributed by atoms with E-state index in [1.165, 1.54) is 6.42 Å². The van der Waals surface area contributed by atoms with Crippen LogP contribution in [0.25, 0.3) is 0 Å². The molecule has 0 bridgehead atoms. The Morgan fingerprint density at radius 2 is 2.20 bits per heavy atom. The molecule has 112 valence electrons. The average molecular weight is 280 g/mol. The van der Waals surface area contributed by atoms with Crippen molar-refractivity contribution >= 4 is 5.96 Å². The van der Waals surface area contributed by atoms with Crippen LogP contribution in [0.1, 0.15) is 25.7 Å². The highest BCUT2D eigenvalue weighted by atomic mass is 16.5. The van der Waals surface area contributed by atoms with Crippen molar-refractivity contribution in [2.24, 2.45) is 4.99 Å². The lowest BCUT2D eigenvalue weighted by Crippen LogP contribution is -2.41. The maximum atomic E-state index is 5.57. The van der Waals surface area contributed by atoms with Gasteiger partial charge in [-0.2, -0.15) is 0 Å². The summed E-state index contributed by atoms with van der Waals surface area (Å²) in [7, 11) is 1.79. The summed E-state index contributed by atoms with van der Waals surface area (Å²) in [6, 6.07) is 0. The number of rotatable bonds is 7. The van der Waals surface area contributed by atoms with Crippen molar-refractivity contribution in [2.45, 2.75) is 38.3 Å². The van der Waals surface area contributed by atoms with Crippen LogP contribution in [0, 0.1) is 0 Å². The fourth-order valence-electron chi connectivity index (χ4n) is 2.20. The lowest BCUT2D eigenvalue weighted by atomic mass is 10.2. The molecule has 0 amide bonds. The fourth-order valence-corrected chi connectivity index (χ4v) is 2.20. The first-order chi connectivity index (χ1) is 9.88. The molecule has 1 aliphatic rings. The van der Waals surface area contributed by atoms with E-state index in [9.17, 15) is 0 Å². The molecule has 2 rings (SSSR count). The molecule has 0 saturated carbocycles. The van der Waals surface area contributed by atoms with Gasteiger partial charge in [-0.15, -0.1) is 10.2 Å². The van der Waals surface area contributed by atoms with Crippen LogP contribution in [0.5, 0.6) is 0 Å². The second-order valence-corrected chi connectivity index (χ2v) is 4.92. The molecular formula is C13H24N6O. The molecule has 1 atom stereocenters. The van der Waals surface area contributed by atoms with E-state index >= 15 is 0 Å². The van der Waals surface area contributed by atoms with Crippen LogP contribution in [0.2, 0.25) is 0 Å². The van der Waals surface area contributed by atoms with Gasteiger partial charge in [0.05, 0.1) is 6.10 Å². The average Bonchev–Trinajstić information content (AvgIpc) is 3.14. The third-order valence-corrected chi connectivity index (χ3v) is 3.35. The maximum Gasteiger partial charge on any atom is 0.191 e. The van der Waals surface area contributed by atoms with Crippen molar-refractivity contribution in [3.8, 4) is 0 Å². The van der Waals surface area contributed by atoms with Gasteiger partial charge in [0.2, 0.25) is 0 Å². The summed E-state index contributed by atoms with van der Waals surface area (Å²) in [5.74, 6) is 0.852. The third kappa shape index (κ3) is 5.16. The van der Waals surface area contributed by atoms with Gasteiger partial charge in [-0.1, -0.05) is 0 Å². The largest absolute Gasteiger partial charge is 0.376 e. The molecule has 1 aromatic heterocycles. The monoisotopic (exact) mass is 280 g/mol. The Morgan fingerprint density at radius 3 is 2.90 bits per heavy atom. The number of hydrogen-bond donors (Lipinski definition) is 2. The molecule has 7 heteroatoms. The van der Waals surface area contributed by atoms with Gasteiger partial charge in [0.15, 0.2) is 5.96 Å². The standard InChI is InChI=1S/C13H24N6O/c1-14-13(16-9-12-5-4-8-20-12)15-6-2-3-7-19-10-17-18-11-19/h10-12H,2-9H2,1H3,(H2,14,15,16). The maximum absolute atomic E-state index is 5.57. The second kappa shape index (κ2) is 8.52. The SMILES string of the molecule is CN=C(NCCCCn1cnnc1)NCC1CCCO1. The predicted molar refractivity (Wildman–Crippen MR) is 77.6 cm³/mol. The molecular weight excluding hydrogens is 256 g/mol. The van der Waals surface area contributed by atoms with Crippen molar-refractivity contribution < 1.29 is 4.74 Å². The highest BCUT2D eigenvalue weighted by molar-refractivity contribution is 5.79. The summed E-state index contributed by atoms with van der Waals surface area (Å²) in [6.07, 6.45) is 8.31. The van der Waals surface area contributed by atoms with Gasteiger partial charge in [-0.05, 0) is 25.7 Å². The van der Waals surface area contributed by atoms with Crippen LogP contribution >= 0.6 is 0 Å². The summed E-state index contributed by atoms with van der Waals surface area (Å²) in [4.78, 5) is 4.21. The number of aryl methyl sites for hydroxylation is 1. The van der Waals surface area contributed by atoms with E-state index < -0.39 is 0 Å². The van der Waals surface area contributed by atoms with E-state index in [1.54, 1.807) is 19.7 Å². The van der Waals surface area contributed by atoms with Crippen LogP contribution in [-0.2, 0) is 11.3 Å². The minimum Gasteiger partial charge on any atom is -0.376 e. The van der Waals surface area contributed by atoms with Crippen LogP contribution in [0.4, 0.5) is 0 Å². The van der Waals surface area contributed by atoms with Gasteiger partial charge in [-0.3, -0.25) is 4.99 Å². The number of aliphatic imine (C=N–C) groups is 1. The Morgan fingerprint density at radius 1 is 1.35 bits per heavy atom. The molecule has 1 fully saturated rings. The smallest absolute Gasteiger partial charge is 0.191 e. The quantitative estimate of drug-likeness (QED) is 0.429. The zero-order valence-corrected chi connectivity index (χ0v) is 12.1. The number of hydrogen-bond acceptors (Lipinski definition) is 4. The van der Waals surface area contributed by atoms with E-state index in [2.05, 4.69) is 25.8 Å². The number of guanidine groups is 1. The molecule has 0 spiro atoms. The summed E-state index contributed by atoms with van der Waals surface area (Å²) in [5.41, 5.74) is 0. The highest BCUT2D eigenvalue weighted by Crippen LogP contribution is 2.10. The third-order valence-electron chi connectivity index (χ3n) is 3.35. The van der Waals surface area contributed by atoms with Crippen LogP contribution in [-0.4, -0.2) is 53.6 Å². The number of nitrogens with zero attached hydrogens (tertiary/aromatic N) is 4. The molecule has 0 radical (unpaired) electrons. The molecule has 0 aliphatic carbocycles. The Kier molecular flexibility index (Phi) is 6.30. The highest BCUT2D eigenvalue weighted by Gasteiger charge is 2.15. The first kappa shape index (κ1) is 14.8. The molecule has 0 aromatic carbocycles. The summed E-state index contributed by atoms with van der Waals surface area (Å²) in [6.45, 7) is 3.59. The van der Waals surface area contributed by atoms with Crippen molar-refractivity contribution in [1.82, 2.24) is 25.4 Å². The van der Waals surface area contributed by atoms with E-state index in [4.69, 9.17) is 4.74 Å². The Balaban J connectivity index is 1.52. The van der Waals surface area contributed by atoms with Crippen LogP contribution in [0.15, 0.2) is 17.6 Å². The zero-order valence-electron chi connectivity index (χ0n) is 12.1. The lowest BCUT2D eigenvalue weighted by molar-refractivity contribution is 0.114. The molecule has 20 heavy (non-hydrogen) atoms. The number of ether oxygens (including phenoxy) is 1. The first-order valence-corrected chi connectivity index (χ1v) is 7.27. The Labute approximate surface area is 119 Å². The van der Waals surface area contributed by atoms with Gasteiger partial charge >= 0.3 is 0 Å². The lowest BCUT2D eigenvalue weighted by Gasteiger charge is -2.15. The summed E-state index contributed by atoms with van der Waals surface area (Å²) in [5, 5.41) is 14.2. The van der Waals surface area contributed by atoms with Crippen molar-refractivity contribution in [3.05, 3.63) is 12.7 Å². The van der Waals surface area contributed by atoms with Gasteiger partial charge in [-0.25, -0.2) is 0 Å². The fraction of sp³-hybridized carbons (Fsp3) is 0.769. The molecule has 1 saturated heterocycles. The predicted octanol–water partition coefficient (Wildman–Crippen LogP) is 0.402. The molecule has 1 aromatic rings. The van der Waals surface area contributed by atoms with E-state index in [-0.39, 0.29) is 0 Å². The van der Waals surface area contributed by atoms with Gasteiger partial charge in [0, 0.05) is 33.3 Å². The summed E-state index contributed by atoms with van der Waals surface area (Å²) >= 11 is 0. The molecule has 1 unspecified atom stereocenters. The first-order valence-electron chi connectivity index (χ1n) is 7.27. The Bertz CT molecular complexity index is 386. The number of aromatic nitrogens is 3. The molecule has 7 nitrogen and oxygen atoms in total. The topological polar surface area (TPSA) is 76.4 Å². The Hall–Kier alpha value is -1.63. The van der Waals surface area contributed by atoms with Gasteiger partial charge < -0.3 is 19.9 Å².